The molecule has 5 nitrogen and oxygen atoms in total. The molecule has 0 aliphatic carbocycles. The SMILES string of the molecule is CC1CN(C(=O)Nc2cccc3ccccc23)NC1=O. The van der Waals surface area contributed by atoms with Gasteiger partial charge in [0.2, 0.25) is 5.91 Å². The summed E-state index contributed by atoms with van der Waals surface area (Å²) >= 11 is 0. The molecule has 3 amide bonds. The van der Waals surface area contributed by atoms with E-state index in [9.17, 15) is 9.59 Å². The van der Waals surface area contributed by atoms with E-state index in [4.69, 9.17) is 0 Å². The lowest BCUT2D eigenvalue weighted by atomic mass is 10.1. The first-order valence-electron chi connectivity index (χ1n) is 6.52. The Labute approximate surface area is 116 Å². The Kier molecular flexibility index (Phi) is 3.02. The number of carbonyl (C=O) groups excluding carboxylic acids is 2. The van der Waals surface area contributed by atoms with Crippen molar-refractivity contribution in [3.8, 4) is 0 Å². The van der Waals surface area contributed by atoms with Gasteiger partial charge in [0.25, 0.3) is 0 Å². The van der Waals surface area contributed by atoms with Gasteiger partial charge < -0.3 is 5.32 Å². The molecule has 0 radical (unpaired) electrons. The lowest BCUT2D eigenvalue weighted by Crippen LogP contribution is -2.41. The summed E-state index contributed by atoms with van der Waals surface area (Å²) in [6, 6.07) is 13.2. The Bertz CT molecular complexity index is 678. The normalized spacial score (nSPS) is 18.1. The van der Waals surface area contributed by atoms with Crippen LogP contribution in [0.2, 0.25) is 0 Å². The number of rotatable bonds is 1. The highest BCUT2D eigenvalue weighted by atomic mass is 16.2. The number of anilines is 1. The van der Waals surface area contributed by atoms with Crippen LogP contribution in [0.4, 0.5) is 10.5 Å². The van der Waals surface area contributed by atoms with Gasteiger partial charge in [-0.15, -0.1) is 0 Å². The van der Waals surface area contributed by atoms with Gasteiger partial charge in [-0.1, -0.05) is 43.3 Å². The van der Waals surface area contributed by atoms with Crippen molar-refractivity contribution in [2.45, 2.75) is 6.92 Å². The van der Waals surface area contributed by atoms with Gasteiger partial charge in [0.15, 0.2) is 0 Å². The van der Waals surface area contributed by atoms with E-state index in [0.717, 1.165) is 16.5 Å². The Balaban J connectivity index is 1.83. The van der Waals surface area contributed by atoms with E-state index in [1.165, 1.54) is 5.01 Å². The molecule has 0 saturated carbocycles. The topological polar surface area (TPSA) is 61.4 Å². The second-order valence-corrected chi connectivity index (χ2v) is 4.94. The van der Waals surface area contributed by atoms with Gasteiger partial charge in [-0.05, 0) is 11.5 Å². The quantitative estimate of drug-likeness (QED) is 0.834. The van der Waals surface area contributed by atoms with E-state index in [2.05, 4.69) is 10.7 Å². The first-order valence-corrected chi connectivity index (χ1v) is 6.52. The van der Waals surface area contributed by atoms with Gasteiger partial charge in [-0.3, -0.25) is 10.2 Å². The van der Waals surface area contributed by atoms with Crippen molar-refractivity contribution in [3.63, 3.8) is 0 Å². The van der Waals surface area contributed by atoms with Gasteiger partial charge in [0.05, 0.1) is 18.2 Å². The highest BCUT2D eigenvalue weighted by Gasteiger charge is 2.30. The average Bonchev–Trinajstić information content (AvgIpc) is 2.79. The van der Waals surface area contributed by atoms with Crippen molar-refractivity contribution in [1.82, 2.24) is 10.4 Å². The molecule has 1 aliphatic rings. The van der Waals surface area contributed by atoms with Crippen LogP contribution in [0.15, 0.2) is 42.5 Å². The molecule has 0 bridgehead atoms. The molecule has 1 saturated heterocycles. The average molecular weight is 269 g/mol. The van der Waals surface area contributed by atoms with Gasteiger partial charge >= 0.3 is 6.03 Å². The Morgan fingerprint density at radius 3 is 2.75 bits per heavy atom. The summed E-state index contributed by atoms with van der Waals surface area (Å²) in [5.41, 5.74) is 3.29. The third-order valence-electron chi connectivity index (χ3n) is 3.43. The molecule has 1 atom stereocenters. The molecule has 1 fully saturated rings. The van der Waals surface area contributed by atoms with Crippen LogP contribution in [0.1, 0.15) is 6.92 Å². The largest absolute Gasteiger partial charge is 0.340 e. The monoisotopic (exact) mass is 269 g/mol. The molecule has 1 aliphatic heterocycles. The first-order chi connectivity index (χ1) is 9.65. The summed E-state index contributed by atoms with van der Waals surface area (Å²) in [6.45, 7) is 2.18. The number of fused-ring (bicyclic) bond motifs is 1. The number of urea groups is 1. The van der Waals surface area contributed by atoms with Crippen molar-refractivity contribution >= 4 is 28.4 Å². The number of hydrogen-bond acceptors (Lipinski definition) is 2. The molecule has 20 heavy (non-hydrogen) atoms. The summed E-state index contributed by atoms with van der Waals surface area (Å²) in [5.74, 6) is -0.300. The fraction of sp³-hybridized carbons (Fsp3) is 0.200. The lowest BCUT2D eigenvalue weighted by Gasteiger charge is -2.17. The van der Waals surface area contributed by atoms with Gasteiger partial charge in [-0.2, -0.15) is 0 Å². The summed E-state index contributed by atoms with van der Waals surface area (Å²) < 4.78 is 0. The fourth-order valence-electron chi connectivity index (χ4n) is 2.30. The molecule has 102 valence electrons. The van der Waals surface area contributed by atoms with Crippen LogP contribution in [0, 0.1) is 5.92 Å². The maximum Gasteiger partial charge on any atom is 0.340 e. The number of amides is 3. The van der Waals surface area contributed by atoms with Crippen molar-refractivity contribution in [3.05, 3.63) is 42.5 Å². The molecule has 5 heteroatoms. The van der Waals surface area contributed by atoms with Gasteiger partial charge in [-0.25, -0.2) is 9.80 Å². The van der Waals surface area contributed by atoms with Crippen LogP contribution in [-0.4, -0.2) is 23.5 Å². The highest BCUT2D eigenvalue weighted by molar-refractivity contribution is 6.02. The summed E-state index contributed by atoms with van der Waals surface area (Å²) in [4.78, 5) is 23.6. The fourth-order valence-corrected chi connectivity index (χ4v) is 2.30. The zero-order chi connectivity index (χ0) is 14.1. The molecule has 3 rings (SSSR count). The predicted octanol–water partition coefficient (Wildman–Crippen LogP) is 2.35. The zero-order valence-corrected chi connectivity index (χ0v) is 11.1. The predicted molar refractivity (Wildman–Crippen MR) is 77.0 cm³/mol. The number of nitrogens with one attached hydrogen (secondary N) is 2. The van der Waals surface area contributed by atoms with Crippen LogP contribution in [0.25, 0.3) is 10.8 Å². The first kappa shape index (κ1) is 12.5. The van der Waals surface area contributed by atoms with E-state index in [0.29, 0.717) is 6.54 Å². The number of nitrogens with zero attached hydrogens (tertiary/aromatic N) is 1. The molecular formula is C15H15N3O2. The van der Waals surface area contributed by atoms with Gasteiger partial charge in [0.1, 0.15) is 0 Å². The van der Waals surface area contributed by atoms with E-state index < -0.39 is 0 Å². The Morgan fingerprint density at radius 2 is 2.00 bits per heavy atom. The minimum Gasteiger partial charge on any atom is -0.306 e. The van der Waals surface area contributed by atoms with Crippen LogP contribution < -0.4 is 10.7 Å². The summed E-state index contributed by atoms with van der Waals surface area (Å²) in [5, 5.41) is 6.19. The zero-order valence-electron chi connectivity index (χ0n) is 11.1. The summed E-state index contributed by atoms with van der Waals surface area (Å²) in [7, 11) is 0. The minimum absolute atomic E-state index is 0.127. The summed E-state index contributed by atoms with van der Waals surface area (Å²) in [6.07, 6.45) is 0. The van der Waals surface area contributed by atoms with Crippen LogP contribution in [-0.2, 0) is 4.79 Å². The third kappa shape index (κ3) is 2.18. The van der Waals surface area contributed by atoms with E-state index in [1.54, 1.807) is 6.92 Å². The van der Waals surface area contributed by atoms with Crippen molar-refractivity contribution in [1.29, 1.82) is 0 Å². The smallest absolute Gasteiger partial charge is 0.306 e. The standard InChI is InChI=1S/C15H15N3O2/c1-10-9-18(17-14(10)19)15(20)16-13-8-4-6-11-5-2-3-7-12(11)13/h2-8,10H,9H2,1H3,(H,16,20)(H,17,19). The number of hydrazine groups is 1. The number of hydrogen-bond donors (Lipinski definition) is 2. The van der Waals surface area contributed by atoms with Crippen LogP contribution in [0.5, 0.6) is 0 Å². The number of benzene rings is 2. The molecule has 0 aromatic heterocycles. The molecule has 1 heterocycles. The van der Waals surface area contributed by atoms with Crippen molar-refractivity contribution in [2.24, 2.45) is 5.92 Å². The maximum atomic E-state index is 12.1. The lowest BCUT2D eigenvalue weighted by molar-refractivity contribution is -0.122. The molecule has 2 aromatic carbocycles. The second-order valence-electron chi connectivity index (χ2n) is 4.94. The Morgan fingerprint density at radius 1 is 1.25 bits per heavy atom. The molecule has 2 aromatic rings. The van der Waals surface area contributed by atoms with Crippen molar-refractivity contribution in [2.75, 3.05) is 11.9 Å². The maximum absolute atomic E-state index is 12.1. The molecule has 1 unspecified atom stereocenters. The van der Waals surface area contributed by atoms with Gasteiger partial charge in [0, 0.05) is 5.39 Å². The van der Waals surface area contributed by atoms with E-state index in [-0.39, 0.29) is 17.9 Å². The van der Waals surface area contributed by atoms with Crippen LogP contribution in [0.3, 0.4) is 0 Å². The van der Waals surface area contributed by atoms with Crippen molar-refractivity contribution < 1.29 is 9.59 Å². The second kappa shape index (κ2) is 4.85. The highest BCUT2D eigenvalue weighted by Crippen LogP contribution is 2.23. The minimum atomic E-state index is -0.320. The van der Waals surface area contributed by atoms with E-state index >= 15 is 0 Å². The molecule has 2 N–H and O–H groups in total. The Hall–Kier alpha value is -2.56. The molecular weight excluding hydrogens is 254 g/mol. The van der Waals surface area contributed by atoms with E-state index in [1.807, 2.05) is 42.5 Å². The number of carbonyl (C=O) groups is 2. The van der Waals surface area contributed by atoms with Crippen LogP contribution >= 0.6 is 0 Å². The molecule has 0 spiro atoms. The third-order valence-corrected chi connectivity index (χ3v) is 3.43.